The standard InChI is InChI=1S/C12H20O2/c1-3-5-7-9-12(14)10-11(13)8-6-4-2/h4H,2-3,5-10H2,1H3. The highest BCUT2D eigenvalue weighted by molar-refractivity contribution is 5.99. The molecule has 0 bridgehead atoms. The molecule has 0 aromatic heterocycles. The lowest BCUT2D eigenvalue weighted by Gasteiger charge is -1.99. The zero-order valence-electron chi connectivity index (χ0n) is 9.05. The number of carbonyl (C=O) groups is 2. The van der Waals surface area contributed by atoms with Gasteiger partial charge in [0, 0.05) is 12.8 Å². The van der Waals surface area contributed by atoms with E-state index < -0.39 is 0 Å². The molecule has 0 rings (SSSR count). The largest absolute Gasteiger partial charge is 0.299 e. The highest BCUT2D eigenvalue weighted by atomic mass is 16.1. The molecule has 0 aliphatic heterocycles. The second-order valence-corrected chi connectivity index (χ2v) is 3.54. The van der Waals surface area contributed by atoms with Crippen LogP contribution in [0.1, 0.15) is 51.9 Å². The number of allylic oxidation sites excluding steroid dienone is 1. The molecular weight excluding hydrogens is 176 g/mol. The number of hydrogen-bond donors (Lipinski definition) is 0. The highest BCUT2D eigenvalue weighted by Crippen LogP contribution is 2.04. The molecule has 0 heterocycles. The van der Waals surface area contributed by atoms with Crippen molar-refractivity contribution < 1.29 is 9.59 Å². The lowest BCUT2D eigenvalue weighted by atomic mass is 10.1. The summed E-state index contributed by atoms with van der Waals surface area (Å²) < 4.78 is 0. The van der Waals surface area contributed by atoms with Crippen molar-refractivity contribution >= 4 is 11.6 Å². The molecule has 2 nitrogen and oxygen atoms in total. The van der Waals surface area contributed by atoms with Crippen molar-refractivity contribution in [1.29, 1.82) is 0 Å². The van der Waals surface area contributed by atoms with Gasteiger partial charge in [0.25, 0.3) is 0 Å². The van der Waals surface area contributed by atoms with Gasteiger partial charge in [0.05, 0.1) is 6.42 Å². The van der Waals surface area contributed by atoms with Gasteiger partial charge in [0.2, 0.25) is 0 Å². The number of carbonyl (C=O) groups excluding carboxylic acids is 2. The minimum absolute atomic E-state index is 0.0476. The summed E-state index contributed by atoms with van der Waals surface area (Å²) in [5.74, 6) is 0.138. The maximum Gasteiger partial charge on any atom is 0.140 e. The Labute approximate surface area is 86.4 Å². The predicted octanol–water partition coefficient (Wildman–Crippen LogP) is 3.06. The Bertz CT molecular complexity index is 194. The Hall–Kier alpha value is -0.920. The van der Waals surface area contributed by atoms with Gasteiger partial charge in [-0.1, -0.05) is 25.8 Å². The number of ketones is 2. The van der Waals surface area contributed by atoms with Crippen LogP contribution in [0.25, 0.3) is 0 Å². The van der Waals surface area contributed by atoms with Gasteiger partial charge in [-0.3, -0.25) is 9.59 Å². The third-order valence-electron chi connectivity index (χ3n) is 2.08. The normalized spacial score (nSPS) is 9.79. The van der Waals surface area contributed by atoms with Gasteiger partial charge in [0.15, 0.2) is 0 Å². The second kappa shape index (κ2) is 8.67. The van der Waals surface area contributed by atoms with Crippen molar-refractivity contribution in [3.8, 4) is 0 Å². The SMILES string of the molecule is C=CCCC(=O)CC(=O)CCCCC. The van der Waals surface area contributed by atoms with E-state index in [-0.39, 0.29) is 18.0 Å². The van der Waals surface area contributed by atoms with Crippen LogP contribution in [0.15, 0.2) is 12.7 Å². The zero-order chi connectivity index (χ0) is 10.8. The molecule has 0 aliphatic rings. The first-order valence-corrected chi connectivity index (χ1v) is 5.35. The molecule has 0 aliphatic carbocycles. The first-order valence-electron chi connectivity index (χ1n) is 5.35. The van der Waals surface area contributed by atoms with Gasteiger partial charge >= 0.3 is 0 Å². The van der Waals surface area contributed by atoms with E-state index >= 15 is 0 Å². The van der Waals surface area contributed by atoms with Crippen LogP contribution >= 0.6 is 0 Å². The lowest BCUT2D eigenvalue weighted by molar-refractivity contribution is -0.127. The molecular formula is C12H20O2. The summed E-state index contributed by atoms with van der Waals surface area (Å²) in [5.41, 5.74) is 0. The van der Waals surface area contributed by atoms with Gasteiger partial charge in [-0.25, -0.2) is 0 Å². The molecule has 0 saturated heterocycles. The molecule has 0 N–H and O–H groups in total. The summed E-state index contributed by atoms with van der Waals surface area (Å²) in [7, 11) is 0. The third kappa shape index (κ3) is 7.71. The lowest BCUT2D eigenvalue weighted by Crippen LogP contribution is -2.07. The number of hydrogen-bond acceptors (Lipinski definition) is 2. The van der Waals surface area contributed by atoms with Crippen molar-refractivity contribution in [2.45, 2.75) is 51.9 Å². The van der Waals surface area contributed by atoms with Gasteiger partial charge < -0.3 is 0 Å². The Balaban J connectivity index is 3.50. The fraction of sp³-hybridized carbons (Fsp3) is 0.667. The molecule has 80 valence electrons. The molecule has 0 radical (unpaired) electrons. The fourth-order valence-corrected chi connectivity index (χ4v) is 1.23. The van der Waals surface area contributed by atoms with Crippen molar-refractivity contribution in [2.24, 2.45) is 0 Å². The molecule has 0 unspecified atom stereocenters. The molecule has 0 aromatic carbocycles. The van der Waals surface area contributed by atoms with Crippen molar-refractivity contribution in [2.75, 3.05) is 0 Å². The van der Waals surface area contributed by atoms with E-state index in [1.165, 1.54) is 0 Å². The van der Waals surface area contributed by atoms with Crippen molar-refractivity contribution in [1.82, 2.24) is 0 Å². The Morgan fingerprint density at radius 3 is 2.36 bits per heavy atom. The van der Waals surface area contributed by atoms with Crippen LogP contribution in [0.2, 0.25) is 0 Å². The van der Waals surface area contributed by atoms with Crippen LogP contribution in [0.5, 0.6) is 0 Å². The average molecular weight is 196 g/mol. The van der Waals surface area contributed by atoms with E-state index in [1.54, 1.807) is 6.08 Å². The zero-order valence-corrected chi connectivity index (χ0v) is 9.05. The van der Waals surface area contributed by atoms with E-state index in [2.05, 4.69) is 13.5 Å². The quantitative estimate of drug-likeness (QED) is 0.322. The monoisotopic (exact) mass is 196 g/mol. The van der Waals surface area contributed by atoms with E-state index in [1.807, 2.05) is 0 Å². The highest BCUT2D eigenvalue weighted by Gasteiger charge is 2.07. The molecule has 0 spiro atoms. The summed E-state index contributed by atoms with van der Waals surface area (Å²) in [4.78, 5) is 22.4. The number of Topliss-reactive ketones (excluding diaryl/α,β-unsaturated/α-hetero) is 2. The Morgan fingerprint density at radius 1 is 1.14 bits per heavy atom. The van der Waals surface area contributed by atoms with E-state index in [9.17, 15) is 9.59 Å². The molecule has 0 saturated carbocycles. The summed E-state index contributed by atoms with van der Waals surface area (Å²) in [6.07, 6.45) is 6.64. The van der Waals surface area contributed by atoms with Gasteiger partial charge in [-0.15, -0.1) is 6.58 Å². The van der Waals surface area contributed by atoms with E-state index in [0.29, 0.717) is 19.3 Å². The molecule has 0 aromatic rings. The van der Waals surface area contributed by atoms with Gasteiger partial charge in [-0.2, -0.15) is 0 Å². The van der Waals surface area contributed by atoms with Crippen LogP contribution in [0, 0.1) is 0 Å². The number of rotatable bonds is 9. The summed E-state index contributed by atoms with van der Waals surface area (Å²) in [6.45, 7) is 5.63. The van der Waals surface area contributed by atoms with Gasteiger partial charge in [-0.05, 0) is 12.8 Å². The molecule has 0 amide bonds. The maximum absolute atomic E-state index is 11.2. The minimum Gasteiger partial charge on any atom is -0.299 e. The minimum atomic E-state index is 0.0476. The van der Waals surface area contributed by atoms with Crippen molar-refractivity contribution in [3.05, 3.63) is 12.7 Å². The van der Waals surface area contributed by atoms with Crippen LogP contribution in [-0.2, 0) is 9.59 Å². The predicted molar refractivity (Wildman–Crippen MR) is 58.2 cm³/mol. The van der Waals surface area contributed by atoms with Crippen molar-refractivity contribution in [3.63, 3.8) is 0 Å². The van der Waals surface area contributed by atoms with Crippen LogP contribution in [0.4, 0.5) is 0 Å². The molecule has 0 fully saturated rings. The Morgan fingerprint density at radius 2 is 1.79 bits per heavy atom. The topological polar surface area (TPSA) is 34.1 Å². The number of unbranched alkanes of at least 4 members (excludes halogenated alkanes) is 2. The fourth-order valence-electron chi connectivity index (χ4n) is 1.23. The average Bonchev–Trinajstić information content (AvgIpc) is 2.15. The van der Waals surface area contributed by atoms with Crippen LogP contribution < -0.4 is 0 Å². The first kappa shape index (κ1) is 13.1. The van der Waals surface area contributed by atoms with E-state index in [0.717, 1.165) is 19.3 Å². The second-order valence-electron chi connectivity index (χ2n) is 3.54. The maximum atomic E-state index is 11.2. The summed E-state index contributed by atoms with van der Waals surface area (Å²) in [5, 5.41) is 0. The Kier molecular flexibility index (Phi) is 8.10. The third-order valence-corrected chi connectivity index (χ3v) is 2.08. The van der Waals surface area contributed by atoms with E-state index in [4.69, 9.17) is 0 Å². The van der Waals surface area contributed by atoms with Gasteiger partial charge in [0.1, 0.15) is 11.6 Å². The molecule has 2 heteroatoms. The summed E-state index contributed by atoms with van der Waals surface area (Å²) in [6, 6.07) is 0. The first-order chi connectivity index (χ1) is 6.70. The molecule has 14 heavy (non-hydrogen) atoms. The van der Waals surface area contributed by atoms with Crippen LogP contribution in [0.3, 0.4) is 0 Å². The van der Waals surface area contributed by atoms with Crippen LogP contribution in [-0.4, -0.2) is 11.6 Å². The molecule has 0 atom stereocenters. The summed E-state index contributed by atoms with van der Waals surface area (Å²) >= 11 is 0. The smallest absolute Gasteiger partial charge is 0.140 e.